The lowest BCUT2D eigenvalue weighted by Gasteiger charge is -2.10. The Bertz CT molecular complexity index is 407. The predicted molar refractivity (Wildman–Crippen MR) is 83.9 cm³/mol. The highest BCUT2D eigenvalue weighted by Crippen LogP contribution is 2.15. The van der Waals surface area contributed by atoms with E-state index < -0.39 is 0 Å². The molecular formula is C17H26O3. The van der Waals surface area contributed by atoms with Gasteiger partial charge in [-0.3, -0.25) is 4.79 Å². The summed E-state index contributed by atoms with van der Waals surface area (Å²) in [5.41, 5.74) is 2.81. The molecule has 0 fully saturated rings. The van der Waals surface area contributed by atoms with Crippen molar-refractivity contribution in [2.45, 2.75) is 27.7 Å². The van der Waals surface area contributed by atoms with Gasteiger partial charge in [0, 0.05) is 24.7 Å². The summed E-state index contributed by atoms with van der Waals surface area (Å²) in [6.07, 6.45) is 0. The third-order valence-corrected chi connectivity index (χ3v) is 2.68. The van der Waals surface area contributed by atoms with E-state index in [0.717, 1.165) is 16.7 Å². The van der Waals surface area contributed by atoms with Crippen molar-refractivity contribution in [2.75, 3.05) is 19.8 Å². The van der Waals surface area contributed by atoms with Gasteiger partial charge in [-0.05, 0) is 26.3 Å². The fourth-order valence-electron chi connectivity index (χ4n) is 1.57. The number of hydrogen-bond acceptors (Lipinski definition) is 3. The molecule has 20 heavy (non-hydrogen) atoms. The molecule has 0 saturated heterocycles. The zero-order valence-electron chi connectivity index (χ0n) is 13.0. The monoisotopic (exact) mass is 278 g/mol. The van der Waals surface area contributed by atoms with Gasteiger partial charge < -0.3 is 9.84 Å². The average Bonchev–Trinajstić information content (AvgIpc) is 2.44. The molecule has 0 aliphatic carbocycles. The van der Waals surface area contributed by atoms with Gasteiger partial charge in [0.2, 0.25) is 0 Å². The van der Waals surface area contributed by atoms with E-state index in [1.165, 1.54) is 0 Å². The van der Waals surface area contributed by atoms with Crippen LogP contribution in [-0.4, -0.2) is 30.7 Å². The van der Waals surface area contributed by atoms with Crippen LogP contribution >= 0.6 is 0 Å². The Labute approximate surface area is 122 Å². The quantitative estimate of drug-likeness (QED) is 0.809. The zero-order valence-corrected chi connectivity index (χ0v) is 13.0. The number of Topliss-reactive ketones (excluding diaryl/α,β-unsaturated/α-hetero) is 1. The van der Waals surface area contributed by atoms with Crippen LogP contribution in [0.2, 0.25) is 0 Å². The van der Waals surface area contributed by atoms with Crippen molar-refractivity contribution in [1.29, 1.82) is 0 Å². The van der Waals surface area contributed by atoms with Crippen LogP contribution in [0, 0.1) is 5.92 Å². The van der Waals surface area contributed by atoms with Crippen molar-refractivity contribution in [3.63, 3.8) is 0 Å². The molecule has 1 N–H and O–H groups in total. The fourth-order valence-corrected chi connectivity index (χ4v) is 1.57. The number of ketones is 1. The highest BCUT2D eigenvalue weighted by Gasteiger charge is 2.14. The van der Waals surface area contributed by atoms with Crippen molar-refractivity contribution in [3.8, 4) is 0 Å². The van der Waals surface area contributed by atoms with Crippen LogP contribution in [0.4, 0.5) is 0 Å². The van der Waals surface area contributed by atoms with Crippen molar-refractivity contribution >= 4 is 11.4 Å². The third-order valence-electron chi connectivity index (χ3n) is 2.68. The molecule has 0 radical (unpaired) electrons. The standard InChI is InChI=1S/C15H20O2.C2H6O/c1-5-17-10-12(4)15(16)14-8-6-13(7-9-14)11(2)3;1-2-3/h6-9,12H,2,5,10H2,1,3-4H3;3H,2H2,1H3. The van der Waals surface area contributed by atoms with E-state index in [1.54, 1.807) is 6.92 Å². The van der Waals surface area contributed by atoms with Gasteiger partial charge in [0.1, 0.15) is 0 Å². The number of ether oxygens (including phenoxy) is 1. The molecule has 3 nitrogen and oxygen atoms in total. The Balaban J connectivity index is 0.00000110. The Kier molecular flexibility index (Phi) is 9.60. The average molecular weight is 278 g/mol. The number of aliphatic hydroxyl groups excluding tert-OH is 1. The Morgan fingerprint density at radius 1 is 1.25 bits per heavy atom. The highest BCUT2D eigenvalue weighted by molar-refractivity contribution is 5.97. The summed E-state index contributed by atoms with van der Waals surface area (Å²) in [6, 6.07) is 7.58. The van der Waals surface area contributed by atoms with Crippen LogP contribution in [0.1, 0.15) is 43.6 Å². The number of benzene rings is 1. The van der Waals surface area contributed by atoms with Gasteiger partial charge in [-0.1, -0.05) is 43.3 Å². The first-order valence-electron chi connectivity index (χ1n) is 6.96. The van der Waals surface area contributed by atoms with Crippen LogP contribution in [0.25, 0.3) is 5.57 Å². The number of allylic oxidation sites excluding steroid dienone is 1. The summed E-state index contributed by atoms with van der Waals surface area (Å²) in [4.78, 5) is 12.0. The van der Waals surface area contributed by atoms with Crippen LogP contribution < -0.4 is 0 Å². The summed E-state index contributed by atoms with van der Waals surface area (Å²) in [5, 5.41) is 7.57. The zero-order chi connectivity index (χ0) is 15.5. The van der Waals surface area contributed by atoms with Crippen molar-refractivity contribution in [1.82, 2.24) is 0 Å². The normalized spacial score (nSPS) is 11.2. The summed E-state index contributed by atoms with van der Waals surface area (Å²) in [7, 11) is 0. The Morgan fingerprint density at radius 2 is 1.70 bits per heavy atom. The molecule has 0 saturated carbocycles. The van der Waals surface area contributed by atoms with E-state index in [0.29, 0.717) is 13.2 Å². The molecule has 0 aromatic heterocycles. The molecule has 1 rings (SSSR count). The van der Waals surface area contributed by atoms with E-state index >= 15 is 0 Å². The molecule has 1 unspecified atom stereocenters. The second kappa shape index (κ2) is 10.4. The van der Waals surface area contributed by atoms with Crippen LogP contribution in [0.15, 0.2) is 30.8 Å². The first kappa shape index (κ1) is 18.6. The molecule has 0 aliphatic heterocycles. The van der Waals surface area contributed by atoms with Gasteiger partial charge in [0.15, 0.2) is 5.78 Å². The van der Waals surface area contributed by atoms with Gasteiger partial charge in [-0.15, -0.1) is 0 Å². The van der Waals surface area contributed by atoms with E-state index in [1.807, 2.05) is 45.0 Å². The lowest BCUT2D eigenvalue weighted by molar-refractivity contribution is 0.0762. The predicted octanol–water partition coefficient (Wildman–Crippen LogP) is 3.57. The number of carbonyl (C=O) groups excluding carboxylic acids is 1. The summed E-state index contributed by atoms with van der Waals surface area (Å²) >= 11 is 0. The molecule has 0 amide bonds. The second-order valence-electron chi connectivity index (χ2n) is 4.60. The number of aliphatic hydroxyl groups is 1. The molecule has 0 spiro atoms. The summed E-state index contributed by atoms with van der Waals surface area (Å²) in [5.74, 6) is 0.0392. The Morgan fingerprint density at radius 3 is 2.10 bits per heavy atom. The first-order valence-corrected chi connectivity index (χ1v) is 6.96. The number of carbonyl (C=O) groups is 1. The lowest BCUT2D eigenvalue weighted by atomic mass is 9.98. The van der Waals surface area contributed by atoms with E-state index in [4.69, 9.17) is 9.84 Å². The SMILES string of the molecule is C=C(C)c1ccc(C(=O)C(C)COCC)cc1.CCO. The topological polar surface area (TPSA) is 46.5 Å². The van der Waals surface area contributed by atoms with Crippen LogP contribution in [-0.2, 0) is 4.74 Å². The van der Waals surface area contributed by atoms with E-state index in [2.05, 4.69) is 6.58 Å². The Hall–Kier alpha value is -1.45. The summed E-state index contributed by atoms with van der Waals surface area (Å²) < 4.78 is 5.26. The highest BCUT2D eigenvalue weighted by atomic mass is 16.5. The molecule has 0 heterocycles. The maximum atomic E-state index is 12.0. The first-order chi connectivity index (χ1) is 9.47. The fraction of sp³-hybridized carbons (Fsp3) is 0.471. The van der Waals surface area contributed by atoms with Gasteiger partial charge in [0.05, 0.1) is 6.61 Å². The smallest absolute Gasteiger partial charge is 0.167 e. The van der Waals surface area contributed by atoms with E-state index in [-0.39, 0.29) is 18.3 Å². The van der Waals surface area contributed by atoms with E-state index in [9.17, 15) is 4.79 Å². The molecule has 1 atom stereocenters. The van der Waals surface area contributed by atoms with Gasteiger partial charge >= 0.3 is 0 Å². The van der Waals surface area contributed by atoms with Gasteiger partial charge in [0.25, 0.3) is 0 Å². The number of hydrogen-bond donors (Lipinski definition) is 1. The maximum absolute atomic E-state index is 12.0. The lowest BCUT2D eigenvalue weighted by Crippen LogP contribution is -2.17. The largest absolute Gasteiger partial charge is 0.397 e. The second-order valence-corrected chi connectivity index (χ2v) is 4.60. The molecular weight excluding hydrogens is 252 g/mol. The molecule has 0 aliphatic rings. The van der Waals surface area contributed by atoms with Crippen molar-refractivity contribution in [2.24, 2.45) is 5.92 Å². The number of rotatable bonds is 6. The minimum Gasteiger partial charge on any atom is -0.397 e. The molecule has 3 heteroatoms. The molecule has 0 bridgehead atoms. The van der Waals surface area contributed by atoms with Crippen LogP contribution in [0.3, 0.4) is 0 Å². The molecule has 1 aromatic carbocycles. The summed E-state index contributed by atoms with van der Waals surface area (Å²) in [6.45, 7) is 12.7. The maximum Gasteiger partial charge on any atom is 0.167 e. The van der Waals surface area contributed by atoms with Crippen molar-refractivity contribution in [3.05, 3.63) is 42.0 Å². The van der Waals surface area contributed by atoms with Gasteiger partial charge in [-0.25, -0.2) is 0 Å². The van der Waals surface area contributed by atoms with Crippen molar-refractivity contribution < 1.29 is 14.6 Å². The van der Waals surface area contributed by atoms with Crippen LogP contribution in [0.5, 0.6) is 0 Å². The third kappa shape index (κ3) is 6.64. The minimum atomic E-state index is -0.0920. The molecule has 112 valence electrons. The minimum absolute atomic E-state index is 0.0920. The molecule has 1 aromatic rings. The van der Waals surface area contributed by atoms with Gasteiger partial charge in [-0.2, -0.15) is 0 Å².